The topological polar surface area (TPSA) is 93.1 Å². The van der Waals surface area contributed by atoms with E-state index in [9.17, 15) is 13.2 Å². The standard InChI is InChI=1S/C18H26N4O3S/c1-6-13(2)22-16(11-12-19-22)20-17(23)14-7-9-15(10-8-14)26(24,25)21-18(3,4)5/h7-13,21H,6H2,1-5H3,(H,20,23). The Morgan fingerprint density at radius 3 is 2.35 bits per heavy atom. The summed E-state index contributed by atoms with van der Waals surface area (Å²) in [5.41, 5.74) is -0.208. The Morgan fingerprint density at radius 1 is 1.19 bits per heavy atom. The van der Waals surface area contributed by atoms with Gasteiger partial charge < -0.3 is 5.32 Å². The highest BCUT2D eigenvalue weighted by Crippen LogP contribution is 2.18. The molecule has 1 amide bonds. The van der Waals surface area contributed by atoms with E-state index < -0.39 is 15.6 Å². The third-order valence-electron chi connectivity index (χ3n) is 3.79. The van der Waals surface area contributed by atoms with E-state index in [-0.39, 0.29) is 16.8 Å². The molecule has 0 saturated heterocycles. The first-order valence-corrected chi connectivity index (χ1v) is 10.0. The molecule has 7 nitrogen and oxygen atoms in total. The second-order valence-electron chi connectivity index (χ2n) is 7.25. The van der Waals surface area contributed by atoms with Crippen LogP contribution in [0.15, 0.2) is 41.4 Å². The van der Waals surface area contributed by atoms with Gasteiger partial charge in [-0.25, -0.2) is 17.8 Å². The number of carbonyl (C=O) groups excluding carboxylic acids is 1. The van der Waals surface area contributed by atoms with Crippen LogP contribution in [0, 0.1) is 0 Å². The summed E-state index contributed by atoms with van der Waals surface area (Å²) >= 11 is 0. The van der Waals surface area contributed by atoms with Crippen LogP contribution < -0.4 is 10.0 Å². The minimum absolute atomic E-state index is 0.119. The number of hydrogen-bond donors (Lipinski definition) is 2. The molecular weight excluding hydrogens is 352 g/mol. The van der Waals surface area contributed by atoms with Crippen LogP contribution in [-0.2, 0) is 10.0 Å². The highest BCUT2D eigenvalue weighted by molar-refractivity contribution is 7.89. The number of anilines is 1. The average molecular weight is 378 g/mol. The molecule has 0 aliphatic heterocycles. The van der Waals surface area contributed by atoms with Crippen LogP contribution in [0.2, 0.25) is 0 Å². The fourth-order valence-electron chi connectivity index (χ4n) is 2.37. The van der Waals surface area contributed by atoms with Crippen molar-refractivity contribution in [2.45, 2.75) is 57.5 Å². The zero-order valence-corrected chi connectivity index (χ0v) is 16.6. The third kappa shape index (κ3) is 4.92. The van der Waals surface area contributed by atoms with E-state index in [2.05, 4.69) is 15.1 Å². The fraction of sp³-hybridized carbons (Fsp3) is 0.444. The summed E-state index contributed by atoms with van der Waals surface area (Å²) < 4.78 is 29.0. The summed E-state index contributed by atoms with van der Waals surface area (Å²) in [6, 6.07) is 7.74. The Morgan fingerprint density at radius 2 is 1.81 bits per heavy atom. The van der Waals surface area contributed by atoms with Gasteiger partial charge in [0.05, 0.1) is 17.1 Å². The number of sulfonamides is 1. The summed E-state index contributed by atoms with van der Waals surface area (Å²) in [6.45, 7) is 9.37. The summed E-state index contributed by atoms with van der Waals surface area (Å²) in [4.78, 5) is 12.6. The lowest BCUT2D eigenvalue weighted by Crippen LogP contribution is -2.40. The van der Waals surface area contributed by atoms with Gasteiger partial charge in [0.2, 0.25) is 10.0 Å². The van der Waals surface area contributed by atoms with Crippen molar-refractivity contribution in [3.05, 3.63) is 42.1 Å². The smallest absolute Gasteiger partial charge is 0.256 e. The SMILES string of the molecule is CCC(C)n1nccc1NC(=O)c1ccc(S(=O)(=O)NC(C)(C)C)cc1. The lowest BCUT2D eigenvalue weighted by atomic mass is 10.1. The van der Waals surface area contributed by atoms with Gasteiger partial charge in [0.25, 0.3) is 5.91 Å². The first kappa shape index (κ1) is 20.1. The number of hydrogen-bond acceptors (Lipinski definition) is 4. The molecule has 0 saturated carbocycles. The van der Waals surface area contributed by atoms with Crippen LogP contribution in [0.3, 0.4) is 0 Å². The average Bonchev–Trinajstić information content (AvgIpc) is 3.00. The molecule has 0 spiro atoms. The maximum absolute atomic E-state index is 12.4. The molecule has 1 heterocycles. The molecule has 0 fully saturated rings. The van der Waals surface area contributed by atoms with Crippen molar-refractivity contribution < 1.29 is 13.2 Å². The van der Waals surface area contributed by atoms with E-state index in [1.54, 1.807) is 37.7 Å². The fourth-order valence-corrected chi connectivity index (χ4v) is 3.79. The number of rotatable bonds is 6. The van der Waals surface area contributed by atoms with Gasteiger partial charge in [-0.05, 0) is 58.4 Å². The molecule has 1 aromatic heterocycles. The maximum atomic E-state index is 12.4. The Labute approximate surface area is 154 Å². The van der Waals surface area contributed by atoms with E-state index in [0.717, 1.165) is 6.42 Å². The molecule has 1 unspecified atom stereocenters. The maximum Gasteiger partial charge on any atom is 0.256 e. The molecule has 0 aliphatic carbocycles. The molecule has 0 bridgehead atoms. The van der Waals surface area contributed by atoms with Crippen LogP contribution in [0.25, 0.3) is 0 Å². The van der Waals surface area contributed by atoms with Gasteiger partial charge in [0.15, 0.2) is 0 Å². The van der Waals surface area contributed by atoms with E-state index in [1.165, 1.54) is 24.3 Å². The van der Waals surface area contributed by atoms with E-state index >= 15 is 0 Å². The zero-order valence-electron chi connectivity index (χ0n) is 15.8. The predicted molar refractivity (Wildman–Crippen MR) is 102 cm³/mol. The zero-order chi connectivity index (χ0) is 19.5. The second kappa shape index (κ2) is 7.59. The monoisotopic (exact) mass is 378 g/mol. The van der Waals surface area contributed by atoms with Crippen LogP contribution in [0.4, 0.5) is 5.82 Å². The molecule has 0 aliphatic rings. The Balaban J connectivity index is 2.16. The van der Waals surface area contributed by atoms with Gasteiger partial charge in [0, 0.05) is 17.2 Å². The van der Waals surface area contributed by atoms with Crippen molar-refractivity contribution in [2.75, 3.05) is 5.32 Å². The van der Waals surface area contributed by atoms with Gasteiger partial charge in [0.1, 0.15) is 5.82 Å². The minimum atomic E-state index is -3.63. The largest absolute Gasteiger partial charge is 0.307 e. The van der Waals surface area contributed by atoms with Crippen molar-refractivity contribution >= 4 is 21.7 Å². The van der Waals surface area contributed by atoms with E-state index in [4.69, 9.17) is 0 Å². The number of aromatic nitrogens is 2. The molecule has 142 valence electrons. The first-order chi connectivity index (χ1) is 12.0. The Bertz CT molecular complexity index is 865. The van der Waals surface area contributed by atoms with E-state index in [0.29, 0.717) is 11.4 Å². The highest BCUT2D eigenvalue weighted by Gasteiger charge is 2.22. The number of amides is 1. The molecule has 8 heteroatoms. The normalized spacial score (nSPS) is 13.4. The first-order valence-electron chi connectivity index (χ1n) is 8.52. The molecule has 0 radical (unpaired) electrons. The number of nitrogens with one attached hydrogen (secondary N) is 2. The molecule has 1 atom stereocenters. The van der Waals surface area contributed by atoms with E-state index in [1.807, 2.05) is 13.8 Å². The minimum Gasteiger partial charge on any atom is -0.307 e. The summed E-state index contributed by atoms with van der Waals surface area (Å²) in [5, 5.41) is 7.04. The predicted octanol–water partition coefficient (Wildman–Crippen LogP) is 3.18. The van der Waals surface area contributed by atoms with Crippen molar-refractivity contribution in [2.24, 2.45) is 0 Å². The van der Waals surface area contributed by atoms with Gasteiger partial charge in [-0.2, -0.15) is 5.10 Å². The van der Waals surface area contributed by atoms with Gasteiger partial charge in [-0.3, -0.25) is 4.79 Å². The Kier molecular flexibility index (Phi) is 5.87. The van der Waals surface area contributed by atoms with Crippen molar-refractivity contribution in [3.8, 4) is 0 Å². The second-order valence-corrected chi connectivity index (χ2v) is 8.93. The molecule has 2 N–H and O–H groups in total. The lowest BCUT2D eigenvalue weighted by Gasteiger charge is -2.20. The van der Waals surface area contributed by atoms with Gasteiger partial charge in [-0.1, -0.05) is 6.92 Å². The van der Waals surface area contributed by atoms with Crippen LogP contribution in [0.1, 0.15) is 57.4 Å². The number of nitrogens with zero attached hydrogens (tertiary/aromatic N) is 2. The van der Waals surface area contributed by atoms with Crippen molar-refractivity contribution in [1.82, 2.24) is 14.5 Å². The van der Waals surface area contributed by atoms with Crippen molar-refractivity contribution in [1.29, 1.82) is 0 Å². The van der Waals surface area contributed by atoms with Crippen LogP contribution >= 0.6 is 0 Å². The summed E-state index contributed by atoms with van der Waals surface area (Å²) in [7, 11) is -3.63. The van der Waals surface area contributed by atoms with Crippen LogP contribution in [-0.4, -0.2) is 29.6 Å². The Hall–Kier alpha value is -2.19. The summed E-state index contributed by atoms with van der Waals surface area (Å²) in [6.07, 6.45) is 2.52. The molecule has 2 aromatic rings. The van der Waals surface area contributed by atoms with Crippen molar-refractivity contribution in [3.63, 3.8) is 0 Å². The highest BCUT2D eigenvalue weighted by atomic mass is 32.2. The molecular formula is C18H26N4O3S. The van der Waals surface area contributed by atoms with Gasteiger partial charge >= 0.3 is 0 Å². The quantitative estimate of drug-likeness (QED) is 0.807. The molecule has 2 rings (SSSR count). The lowest BCUT2D eigenvalue weighted by molar-refractivity contribution is 0.102. The third-order valence-corrected chi connectivity index (χ3v) is 5.56. The molecule has 1 aromatic carbocycles. The molecule has 26 heavy (non-hydrogen) atoms. The number of carbonyl (C=O) groups is 1. The number of benzene rings is 1. The van der Waals surface area contributed by atoms with Crippen LogP contribution in [0.5, 0.6) is 0 Å². The van der Waals surface area contributed by atoms with Gasteiger partial charge in [-0.15, -0.1) is 0 Å². The summed E-state index contributed by atoms with van der Waals surface area (Å²) in [5.74, 6) is 0.290.